The van der Waals surface area contributed by atoms with Gasteiger partial charge in [-0.25, -0.2) is 0 Å². The maximum absolute atomic E-state index is 8.24. The molecule has 2 radical (unpaired) electrons. The Balaban J connectivity index is 0. The van der Waals surface area contributed by atoms with E-state index in [2.05, 4.69) is 6.92 Å². The Bertz CT molecular complexity index is 36.0. The number of ether oxygens (including phenoxy) is 1. The zero-order valence-electron chi connectivity index (χ0n) is 6.10. The van der Waals surface area contributed by atoms with Crippen LogP contribution in [0.25, 0.3) is 0 Å². The van der Waals surface area contributed by atoms with E-state index in [1.165, 1.54) is 0 Å². The minimum atomic E-state index is 0. The maximum Gasteiger partial charge on any atom is 0.0697 e. The first-order valence-electron chi connectivity index (χ1n) is 3.10. The SMILES string of the molecule is CCCCOCCO.[Ca]. The van der Waals surface area contributed by atoms with Crippen LogP contribution in [0.5, 0.6) is 0 Å². The second-order valence-electron chi connectivity index (χ2n) is 1.69. The number of rotatable bonds is 5. The first-order valence-corrected chi connectivity index (χ1v) is 3.10. The fraction of sp³-hybridized carbons (Fsp3) is 1.00. The Hall–Kier alpha value is 1.18. The summed E-state index contributed by atoms with van der Waals surface area (Å²) in [7, 11) is 0. The zero-order valence-corrected chi connectivity index (χ0v) is 8.31. The van der Waals surface area contributed by atoms with E-state index in [4.69, 9.17) is 9.84 Å². The van der Waals surface area contributed by atoms with E-state index in [1.54, 1.807) is 0 Å². The normalized spacial score (nSPS) is 8.67. The van der Waals surface area contributed by atoms with E-state index < -0.39 is 0 Å². The van der Waals surface area contributed by atoms with Crippen LogP contribution in [0.15, 0.2) is 0 Å². The Morgan fingerprint density at radius 2 is 2.00 bits per heavy atom. The number of aliphatic hydroxyl groups is 1. The molecule has 0 saturated carbocycles. The Labute approximate surface area is 86.6 Å². The van der Waals surface area contributed by atoms with Crippen molar-refractivity contribution in [3.63, 3.8) is 0 Å². The fourth-order valence-corrected chi connectivity index (χ4v) is 0.413. The van der Waals surface area contributed by atoms with Gasteiger partial charge in [0.1, 0.15) is 0 Å². The van der Waals surface area contributed by atoms with Crippen molar-refractivity contribution < 1.29 is 9.84 Å². The molecular formula is C6H14CaO2. The third kappa shape index (κ3) is 12.4. The van der Waals surface area contributed by atoms with Gasteiger partial charge in [-0.2, -0.15) is 0 Å². The molecule has 0 unspecified atom stereocenters. The van der Waals surface area contributed by atoms with Crippen molar-refractivity contribution in [1.82, 2.24) is 0 Å². The molecule has 0 spiro atoms. The molecule has 0 amide bonds. The van der Waals surface area contributed by atoms with Gasteiger partial charge in [0.2, 0.25) is 0 Å². The monoisotopic (exact) mass is 158 g/mol. The number of hydrogen-bond acceptors (Lipinski definition) is 2. The molecule has 0 heterocycles. The van der Waals surface area contributed by atoms with Gasteiger partial charge in [0.05, 0.1) is 13.2 Å². The van der Waals surface area contributed by atoms with Gasteiger partial charge in [0.15, 0.2) is 0 Å². The summed E-state index contributed by atoms with van der Waals surface area (Å²) in [6, 6.07) is 0. The minimum Gasteiger partial charge on any atom is -0.394 e. The third-order valence-corrected chi connectivity index (χ3v) is 0.878. The van der Waals surface area contributed by atoms with Gasteiger partial charge in [-0.3, -0.25) is 0 Å². The molecule has 9 heavy (non-hydrogen) atoms. The van der Waals surface area contributed by atoms with Crippen LogP contribution in [0.2, 0.25) is 0 Å². The molecule has 0 atom stereocenters. The first-order chi connectivity index (χ1) is 3.91. The second-order valence-corrected chi connectivity index (χ2v) is 1.69. The van der Waals surface area contributed by atoms with E-state index in [-0.39, 0.29) is 44.3 Å². The first kappa shape index (κ1) is 12.8. The second kappa shape index (κ2) is 11.9. The van der Waals surface area contributed by atoms with Gasteiger partial charge in [0.25, 0.3) is 0 Å². The molecule has 1 N–H and O–H groups in total. The number of aliphatic hydroxyl groups excluding tert-OH is 1. The number of unbranched alkanes of at least 4 members (excludes halogenated alkanes) is 1. The van der Waals surface area contributed by atoms with Crippen molar-refractivity contribution in [3.8, 4) is 0 Å². The van der Waals surface area contributed by atoms with Gasteiger partial charge in [-0.15, -0.1) is 0 Å². The molecule has 0 aromatic heterocycles. The van der Waals surface area contributed by atoms with Crippen molar-refractivity contribution in [2.45, 2.75) is 19.8 Å². The number of hydrogen-bond donors (Lipinski definition) is 1. The van der Waals surface area contributed by atoms with Crippen LogP contribution in [0.1, 0.15) is 19.8 Å². The molecule has 0 aliphatic carbocycles. The van der Waals surface area contributed by atoms with Crippen molar-refractivity contribution in [1.29, 1.82) is 0 Å². The standard InChI is InChI=1S/C6H14O2.Ca/c1-2-3-5-8-6-4-7;/h7H,2-6H2,1H3;. The maximum atomic E-state index is 8.24. The average Bonchev–Trinajstić information content (AvgIpc) is 1.81. The van der Waals surface area contributed by atoms with Crippen LogP contribution in [0.4, 0.5) is 0 Å². The Morgan fingerprint density at radius 1 is 1.33 bits per heavy atom. The molecule has 0 aromatic rings. The molecule has 0 aliphatic heterocycles. The van der Waals surface area contributed by atoms with Crippen molar-refractivity contribution in [3.05, 3.63) is 0 Å². The molecular weight excluding hydrogens is 144 g/mol. The van der Waals surface area contributed by atoms with Crippen LogP contribution >= 0.6 is 0 Å². The summed E-state index contributed by atoms with van der Waals surface area (Å²) in [5, 5.41) is 8.24. The largest absolute Gasteiger partial charge is 0.394 e. The minimum absolute atomic E-state index is 0. The van der Waals surface area contributed by atoms with Crippen molar-refractivity contribution in [2.75, 3.05) is 19.8 Å². The summed E-state index contributed by atoms with van der Waals surface area (Å²) in [4.78, 5) is 0. The van der Waals surface area contributed by atoms with Gasteiger partial charge >= 0.3 is 0 Å². The van der Waals surface area contributed by atoms with E-state index in [9.17, 15) is 0 Å². The average molecular weight is 158 g/mol. The summed E-state index contributed by atoms with van der Waals surface area (Å²) in [5.74, 6) is 0. The summed E-state index contributed by atoms with van der Waals surface area (Å²) < 4.78 is 4.97. The predicted octanol–water partition coefficient (Wildman–Crippen LogP) is 0.415. The molecule has 0 aromatic carbocycles. The van der Waals surface area contributed by atoms with Crippen LogP contribution in [0, 0.1) is 0 Å². The smallest absolute Gasteiger partial charge is 0.0697 e. The molecule has 3 heteroatoms. The van der Waals surface area contributed by atoms with Crippen LogP contribution < -0.4 is 0 Å². The van der Waals surface area contributed by atoms with Crippen molar-refractivity contribution in [2.24, 2.45) is 0 Å². The van der Waals surface area contributed by atoms with Gasteiger partial charge in [0, 0.05) is 44.3 Å². The van der Waals surface area contributed by atoms with E-state index in [1.807, 2.05) is 0 Å². The molecule has 2 nitrogen and oxygen atoms in total. The quantitative estimate of drug-likeness (QED) is 0.464. The zero-order chi connectivity index (χ0) is 6.24. The molecule has 0 fully saturated rings. The third-order valence-electron chi connectivity index (χ3n) is 0.878. The molecule has 0 bridgehead atoms. The van der Waals surface area contributed by atoms with Crippen LogP contribution in [-0.2, 0) is 4.74 Å². The summed E-state index contributed by atoms with van der Waals surface area (Å²) >= 11 is 0. The van der Waals surface area contributed by atoms with E-state index >= 15 is 0 Å². The van der Waals surface area contributed by atoms with Gasteiger partial charge in [-0.05, 0) is 6.42 Å². The summed E-state index contributed by atoms with van der Waals surface area (Å²) in [6.45, 7) is 3.53. The van der Waals surface area contributed by atoms with Crippen LogP contribution in [-0.4, -0.2) is 62.7 Å². The van der Waals surface area contributed by atoms with E-state index in [0.717, 1.165) is 19.4 Å². The van der Waals surface area contributed by atoms with Crippen molar-refractivity contribution >= 4 is 37.7 Å². The molecule has 0 rings (SSSR count). The van der Waals surface area contributed by atoms with Gasteiger partial charge < -0.3 is 9.84 Å². The summed E-state index contributed by atoms with van der Waals surface area (Å²) in [6.07, 6.45) is 2.26. The predicted molar refractivity (Wildman–Crippen MR) is 38.6 cm³/mol. The van der Waals surface area contributed by atoms with E-state index in [0.29, 0.717) is 6.61 Å². The molecule has 52 valence electrons. The molecule has 0 saturated heterocycles. The molecule has 0 aliphatic rings. The Kier molecular flexibility index (Phi) is 17.0. The van der Waals surface area contributed by atoms with Crippen LogP contribution in [0.3, 0.4) is 0 Å². The Morgan fingerprint density at radius 3 is 2.44 bits per heavy atom. The topological polar surface area (TPSA) is 29.5 Å². The fourth-order valence-electron chi connectivity index (χ4n) is 0.413. The van der Waals surface area contributed by atoms with Gasteiger partial charge in [-0.1, -0.05) is 13.3 Å². The summed E-state index contributed by atoms with van der Waals surface area (Å²) in [5.41, 5.74) is 0.